The molecule has 1 unspecified atom stereocenters. The number of hydrogen-bond donors (Lipinski definition) is 0. The number of hydrogen-bond acceptors (Lipinski definition) is 3. The van der Waals surface area contributed by atoms with E-state index in [1.54, 1.807) is 0 Å². The molecule has 46 valence electrons. The summed E-state index contributed by atoms with van der Waals surface area (Å²) < 4.78 is 23.9. The molecule has 0 aromatic heterocycles. The van der Waals surface area contributed by atoms with E-state index in [4.69, 9.17) is 0 Å². The fraction of sp³-hybridized carbons (Fsp3) is 0.667. The van der Waals surface area contributed by atoms with Crippen molar-refractivity contribution in [2.24, 2.45) is 5.10 Å². The lowest BCUT2D eigenvalue weighted by molar-refractivity contribution is -0.0656. The topological polar surface area (TPSA) is 18.8 Å². The van der Waals surface area contributed by atoms with Gasteiger partial charge in [-0.3, -0.25) is 0 Å². The summed E-state index contributed by atoms with van der Waals surface area (Å²) in [5.41, 5.74) is 0. The molecule has 1 atom stereocenters. The zero-order valence-corrected chi connectivity index (χ0v) is 4.25. The van der Waals surface area contributed by atoms with Crippen LogP contribution in [0.5, 0.6) is 0 Å². The van der Waals surface area contributed by atoms with Crippen LogP contribution in [0.25, 0.3) is 0 Å². The number of alkyl halides is 1. The third-order valence-corrected chi connectivity index (χ3v) is 0.856. The highest BCUT2D eigenvalue weighted by Crippen LogP contribution is 2.09. The molecule has 1 aliphatic rings. The predicted octanol–water partition coefficient (Wildman–Crippen LogP) is 0.315. The summed E-state index contributed by atoms with van der Waals surface area (Å²) in [5.74, 6) is 0. The fourth-order valence-corrected chi connectivity index (χ4v) is 0.400. The van der Waals surface area contributed by atoms with Crippen LogP contribution in [0.2, 0.25) is 0 Å². The molecule has 0 saturated carbocycles. The van der Waals surface area contributed by atoms with Crippen molar-refractivity contribution >= 4 is 6.34 Å². The SMILES string of the molecule is CN1N=CN(F)C1F. The maximum absolute atomic E-state index is 12.1. The summed E-state index contributed by atoms with van der Waals surface area (Å²) in [6.07, 6.45) is -0.958. The molecule has 0 bridgehead atoms. The van der Waals surface area contributed by atoms with E-state index in [2.05, 4.69) is 5.10 Å². The van der Waals surface area contributed by atoms with Crippen LogP contribution in [0.15, 0.2) is 5.10 Å². The molecule has 8 heavy (non-hydrogen) atoms. The lowest BCUT2D eigenvalue weighted by Crippen LogP contribution is -2.27. The minimum atomic E-state index is -1.74. The van der Waals surface area contributed by atoms with E-state index in [0.29, 0.717) is 0 Å². The van der Waals surface area contributed by atoms with Crippen LogP contribution >= 0.6 is 0 Å². The van der Waals surface area contributed by atoms with Crippen LogP contribution in [0.1, 0.15) is 0 Å². The van der Waals surface area contributed by atoms with Gasteiger partial charge in [-0.15, -0.1) is 5.12 Å². The van der Waals surface area contributed by atoms with E-state index in [-0.39, 0.29) is 5.12 Å². The first-order valence-electron chi connectivity index (χ1n) is 2.07. The molecule has 0 saturated heterocycles. The summed E-state index contributed by atoms with van der Waals surface area (Å²) in [4.78, 5) is 0. The molecule has 1 heterocycles. The number of hydrazone groups is 1. The molecule has 5 heteroatoms. The van der Waals surface area contributed by atoms with Crippen molar-refractivity contribution in [1.29, 1.82) is 0 Å². The van der Waals surface area contributed by atoms with Crippen molar-refractivity contribution in [3.63, 3.8) is 0 Å². The quantitative estimate of drug-likeness (QED) is 0.339. The summed E-state index contributed by atoms with van der Waals surface area (Å²) in [6.45, 7) is 0. The van der Waals surface area contributed by atoms with Gasteiger partial charge in [0.2, 0.25) is 0 Å². The first kappa shape index (κ1) is 5.27. The zero-order chi connectivity index (χ0) is 6.15. The molecule has 0 N–H and O–H groups in total. The largest absolute Gasteiger partial charge is 0.291 e. The van der Waals surface area contributed by atoms with Gasteiger partial charge >= 0.3 is 0 Å². The average molecular weight is 121 g/mol. The number of rotatable bonds is 0. The minimum absolute atomic E-state index is 0.111. The van der Waals surface area contributed by atoms with Gasteiger partial charge in [-0.1, -0.05) is 4.48 Å². The summed E-state index contributed by atoms with van der Waals surface area (Å²) in [5, 5.41) is 4.05. The molecule has 0 radical (unpaired) electrons. The maximum atomic E-state index is 12.1. The van der Waals surface area contributed by atoms with Crippen molar-refractivity contribution in [3.8, 4) is 0 Å². The molecule has 3 nitrogen and oxygen atoms in total. The Balaban J connectivity index is 2.55. The Bertz CT molecular complexity index is 103. The zero-order valence-electron chi connectivity index (χ0n) is 4.25. The lowest BCUT2D eigenvalue weighted by Gasteiger charge is -2.11. The highest BCUT2D eigenvalue weighted by atomic mass is 19.2. The van der Waals surface area contributed by atoms with Crippen molar-refractivity contribution < 1.29 is 8.87 Å². The Morgan fingerprint density at radius 3 is 2.50 bits per heavy atom. The molecule has 0 aromatic carbocycles. The van der Waals surface area contributed by atoms with Crippen molar-refractivity contribution in [2.45, 2.75) is 6.42 Å². The van der Waals surface area contributed by atoms with Crippen LogP contribution < -0.4 is 0 Å². The van der Waals surface area contributed by atoms with E-state index < -0.39 is 6.42 Å². The molecule has 0 aromatic rings. The standard InChI is InChI=1S/C3H5F2N3/c1-7-3(4)8(5)2-6-7/h2-3H,1H3. The van der Waals surface area contributed by atoms with E-state index >= 15 is 0 Å². The van der Waals surface area contributed by atoms with Crippen LogP contribution in [0.3, 0.4) is 0 Å². The predicted molar refractivity (Wildman–Crippen MR) is 24.1 cm³/mol. The smallest absolute Gasteiger partial charge is 0.246 e. The summed E-state index contributed by atoms with van der Waals surface area (Å²) in [6, 6.07) is 0. The van der Waals surface area contributed by atoms with E-state index in [1.807, 2.05) is 0 Å². The van der Waals surface area contributed by atoms with Gasteiger partial charge in [-0.2, -0.15) is 9.49 Å². The maximum Gasteiger partial charge on any atom is 0.291 e. The van der Waals surface area contributed by atoms with Gasteiger partial charge in [0.25, 0.3) is 6.42 Å². The van der Waals surface area contributed by atoms with Crippen LogP contribution in [-0.2, 0) is 0 Å². The van der Waals surface area contributed by atoms with Crippen LogP contribution in [-0.4, -0.2) is 29.9 Å². The fourth-order valence-electron chi connectivity index (χ4n) is 0.400. The van der Waals surface area contributed by atoms with Gasteiger partial charge in [0.1, 0.15) is 6.34 Å². The Labute approximate surface area is 45.1 Å². The Morgan fingerprint density at radius 1 is 1.75 bits per heavy atom. The van der Waals surface area contributed by atoms with Crippen LogP contribution in [0, 0.1) is 0 Å². The van der Waals surface area contributed by atoms with E-state index in [0.717, 1.165) is 11.3 Å². The first-order chi connectivity index (χ1) is 3.72. The van der Waals surface area contributed by atoms with Gasteiger partial charge in [-0.25, -0.2) is 5.01 Å². The van der Waals surface area contributed by atoms with Crippen molar-refractivity contribution in [3.05, 3.63) is 0 Å². The van der Waals surface area contributed by atoms with Gasteiger partial charge in [0.05, 0.1) is 0 Å². The third-order valence-electron chi connectivity index (χ3n) is 0.856. The Kier molecular flexibility index (Phi) is 1.04. The summed E-state index contributed by atoms with van der Waals surface area (Å²) in [7, 11) is 1.35. The van der Waals surface area contributed by atoms with Crippen molar-refractivity contribution in [2.75, 3.05) is 7.05 Å². The van der Waals surface area contributed by atoms with E-state index in [9.17, 15) is 8.87 Å². The molecule has 0 amide bonds. The minimum Gasteiger partial charge on any atom is -0.246 e. The number of nitrogens with zero attached hydrogens (tertiary/aromatic N) is 3. The highest BCUT2D eigenvalue weighted by molar-refractivity contribution is 5.54. The lowest BCUT2D eigenvalue weighted by atomic mass is 10.9. The molecule has 0 fully saturated rings. The second-order valence-corrected chi connectivity index (χ2v) is 1.46. The monoisotopic (exact) mass is 121 g/mol. The number of halogens is 2. The molecular formula is C3H5F2N3. The van der Waals surface area contributed by atoms with Crippen LogP contribution in [0.4, 0.5) is 8.87 Å². The normalized spacial score (nSPS) is 27.6. The molecular weight excluding hydrogens is 116 g/mol. The van der Waals surface area contributed by atoms with Gasteiger partial charge < -0.3 is 0 Å². The molecule has 1 aliphatic heterocycles. The Hall–Kier alpha value is -0.870. The Morgan fingerprint density at radius 2 is 2.38 bits per heavy atom. The molecule has 1 rings (SSSR count). The second-order valence-electron chi connectivity index (χ2n) is 1.46. The van der Waals surface area contributed by atoms with Gasteiger partial charge in [0, 0.05) is 7.05 Å². The molecule has 0 spiro atoms. The first-order valence-corrected chi connectivity index (χ1v) is 2.07. The van der Waals surface area contributed by atoms with Gasteiger partial charge in [-0.05, 0) is 0 Å². The summed E-state index contributed by atoms with van der Waals surface area (Å²) >= 11 is 0. The average Bonchev–Trinajstić information content (AvgIpc) is 1.98. The van der Waals surface area contributed by atoms with Gasteiger partial charge in [0.15, 0.2) is 0 Å². The van der Waals surface area contributed by atoms with Crippen molar-refractivity contribution in [1.82, 2.24) is 10.1 Å². The van der Waals surface area contributed by atoms with E-state index in [1.165, 1.54) is 7.05 Å². The highest BCUT2D eigenvalue weighted by Gasteiger charge is 2.23. The third kappa shape index (κ3) is 0.595. The second kappa shape index (κ2) is 1.57. The molecule has 0 aliphatic carbocycles.